The third-order valence-corrected chi connectivity index (χ3v) is 8.56. The quantitative estimate of drug-likeness (QED) is 0.260. The number of hydrogen-bond donors (Lipinski definition) is 0. The molecule has 0 radical (unpaired) electrons. The Bertz CT molecular complexity index is 1310. The number of fused-ring (bicyclic) bond motifs is 3. The van der Waals surface area contributed by atoms with Crippen molar-refractivity contribution in [2.75, 3.05) is 0 Å². The highest BCUT2D eigenvalue weighted by Gasteiger charge is 2.20. The minimum absolute atomic E-state index is 0.615. The highest BCUT2D eigenvalue weighted by Crippen LogP contribution is 2.30. The Hall–Kier alpha value is -2.86. The first-order valence-electron chi connectivity index (χ1n) is 15.0. The van der Waals surface area contributed by atoms with Crippen molar-refractivity contribution in [3.63, 3.8) is 0 Å². The minimum atomic E-state index is 0.615. The highest BCUT2D eigenvalue weighted by molar-refractivity contribution is 5.83. The third-order valence-electron chi connectivity index (χ3n) is 8.56. The lowest BCUT2D eigenvalue weighted by Gasteiger charge is -2.27. The predicted octanol–water partition coefficient (Wildman–Crippen LogP) is 10.7. The summed E-state index contributed by atoms with van der Waals surface area (Å²) in [5, 5.41) is 2.67. The fourth-order valence-electron chi connectivity index (χ4n) is 5.81. The molecule has 4 aromatic carbocycles. The molecule has 200 valence electrons. The lowest BCUT2D eigenvalue weighted by atomic mass is 9.78. The van der Waals surface area contributed by atoms with Gasteiger partial charge in [-0.2, -0.15) is 0 Å². The molecule has 0 saturated heterocycles. The zero-order valence-corrected chi connectivity index (χ0v) is 24.6. The fourth-order valence-corrected chi connectivity index (χ4v) is 5.81. The van der Waals surface area contributed by atoms with Crippen LogP contribution in [0.15, 0.2) is 84.9 Å². The van der Waals surface area contributed by atoms with Gasteiger partial charge in [-0.15, -0.1) is 0 Å². The van der Waals surface area contributed by atoms with E-state index in [0.717, 1.165) is 11.8 Å². The molecular weight excluding hydrogens is 456 g/mol. The summed E-state index contributed by atoms with van der Waals surface area (Å²) >= 11 is 0. The number of rotatable bonds is 3. The normalized spacial score (nSPS) is 16.0. The smallest absolute Gasteiger partial charge is 0.0181 e. The second kappa shape index (κ2) is 13.3. The standard InChI is InChI=1S/C13H18.C13H14.C12H16/c2*1-10(2)12-8-7-11-5-3-4-6-13(11)9-12;1-9(2)11-7-6-10-4-3-5-12(10)8-11/h3-6,10,12H,7-9H2,1-2H3;3-10H,1-2H3;6-9H,3-5H2,1-2H3. The summed E-state index contributed by atoms with van der Waals surface area (Å²) < 4.78 is 0. The van der Waals surface area contributed by atoms with Gasteiger partial charge < -0.3 is 0 Å². The van der Waals surface area contributed by atoms with E-state index in [1.807, 2.05) is 0 Å². The SMILES string of the molecule is CC(C)C1CCc2ccccc2C1.CC(C)c1ccc2c(c1)CCC2.CC(C)c1ccc2ccccc2c1. The Labute approximate surface area is 232 Å². The van der Waals surface area contributed by atoms with Crippen molar-refractivity contribution in [2.24, 2.45) is 11.8 Å². The van der Waals surface area contributed by atoms with E-state index in [1.54, 1.807) is 22.3 Å². The molecule has 0 heterocycles. The monoisotopic (exact) mass is 504 g/mol. The van der Waals surface area contributed by atoms with Gasteiger partial charge in [-0.05, 0) is 106 Å². The topological polar surface area (TPSA) is 0 Å². The molecule has 0 aliphatic heterocycles. The number of benzene rings is 4. The molecule has 0 aromatic heterocycles. The molecule has 4 aromatic rings. The Morgan fingerprint density at radius 3 is 1.82 bits per heavy atom. The van der Waals surface area contributed by atoms with Crippen LogP contribution in [-0.4, -0.2) is 0 Å². The van der Waals surface area contributed by atoms with E-state index < -0.39 is 0 Å². The second-order valence-electron chi connectivity index (χ2n) is 12.3. The van der Waals surface area contributed by atoms with Gasteiger partial charge in [0.05, 0.1) is 0 Å². The maximum Gasteiger partial charge on any atom is -0.0181 e. The molecule has 0 nitrogen and oxygen atoms in total. The summed E-state index contributed by atoms with van der Waals surface area (Å²) in [7, 11) is 0. The van der Waals surface area contributed by atoms with Crippen LogP contribution >= 0.6 is 0 Å². The van der Waals surface area contributed by atoms with Crippen LogP contribution < -0.4 is 0 Å². The van der Waals surface area contributed by atoms with Crippen LogP contribution in [0.2, 0.25) is 0 Å². The lowest BCUT2D eigenvalue weighted by molar-refractivity contribution is 0.343. The zero-order valence-electron chi connectivity index (χ0n) is 24.6. The molecule has 0 spiro atoms. The molecule has 1 unspecified atom stereocenters. The molecule has 2 aliphatic rings. The molecule has 0 fully saturated rings. The first-order valence-corrected chi connectivity index (χ1v) is 15.0. The van der Waals surface area contributed by atoms with Gasteiger partial charge in [0.15, 0.2) is 0 Å². The number of aryl methyl sites for hydroxylation is 3. The first-order chi connectivity index (χ1) is 18.3. The third kappa shape index (κ3) is 7.37. The Morgan fingerprint density at radius 1 is 0.526 bits per heavy atom. The Kier molecular flexibility index (Phi) is 9.84. The van der Waals surface area contributed by atoms with Gasteiger partial charge in [-0.3, -0.25) is 0 Å². The van der Waals surface area contributed by atoms with E-state index in [4.69, 9.17) is 0 Å². The summed E-state index contributed by atoms with van der Waals surface area (Å²) in [6, 6.07) is 31.1. The summed E-state index contributed by atoms with van der Waals surface area (Å²) in [5.41, 5.74) is 9.27. The predicted molar refractivity (Wildman–Crippen MR) is 167 cm³/mol. The molecule has 1 atom stereocenters. The van der Waals surface area contributed by atoms with E-state index in [-0.39, 0.29) is 0 Å². The van der Waals surface area contributed by atoms with Crippen LogP contribution in [0.25, 0.3) is 10.8 Å². The molecule has 0 heteroatoms. The lowest BCUT2D eigenvalue weighted by Crippen LogP contribution is -2.18. The average Bonchev–Trinajstić information content (AvgIpc) is 3.41. The number of hydrogen-bond acceptors (Lipinski definition) is 0. The van der Waals surface area contributed by atoms with E-state index in [9.17, 15) is 0 Å². The molecule has 38 heavy (non-hydrogen) atoms. The molecule has 0 bridgehead atoms. The van der Waals surface area contributed by atoms with Crippen LogP contribution in [-0.2, 0) is 25.7 Å². The van der Waals surface area contributed by atoms with Crippen molar-refractivity contribution < 1.29 is 0 Å². The van der Waals surface area contributed by atoms with Gasteiger partial charge in [0.2, 0.25) is 0 Å². The van der Waals surface area contributed by atoms with Crippen molar-refractivity contribution in [2.45, 2.75) is 91.9 Å². The van der Waals surface area contributed by atoms with Crippen molar-refractivity contribution in [1.82, 2.24) is 0 Å². The highest BCUT2D eigenvalue weighted by atomic mass is 14.2. The molecule has 0 N–H and O–H groups in total. The fraction of sp³-hybridized carbons (Fsp3) is 0.421. The molecule has 2 aliphatic carbocycles. The summed E-state index contributed by atoms with van der Waals surface area (Å²) in [6.07, 6.45) is 7.93. The Morgan fingerprint density at radius 2 is 1.11 bits per heavy atom. The van der Waals surface area contributed by atoms with E-state index in [0.29, 0.717) is 11.8 Å². The van der Waals surface area contributed by atoms with Crippen LogP contribution in [0, 0.1) is 11.8 Å². The average molecular weight is 505 g/mol. The molecule has 0 amide bonds. The van der Waals surface area contributed by atoms with Gasteiger partial charge in [-0.25, -0.2) is 0 Å². The van der Waals surface area contributed by atoms with Crippen molar-refractivity contribution >= 4 is 10.8 Å². The summed E-state index contributed by atoms with van der Waals surface area (Å²) in [5.74, 6) is 3.05. The van der Waals surface area contributed by atoms with E-state index in [1.165, 1.54) is 60.4 Å². The van der Waals surface area contributed by atoms with Gasteiger partial charge in [0, 0.05) is 0 Å². The van der Waals surface area contributed by atoms with Gasteiger partial charge in [0.25, 0.3) is 0 Å². The molecule has 6 rings (SSSR count). The van der Waals surface area contributed by atoms with E-state index in [2.05, 4.69) is 126 Å². The van der Waals surface area contributed by atoms with Crippen LogP contribution in [0.5, 0.6) is 0 Å². The maximum absolute atomic E-state index is 2.40. The second-order valence-corrected chi connectivity index (χ2v) is 12.3. The van der Waals surface area contributed by atoms with Gasteiger partial charge in [0.1, 0.15) is 0 Å². The van der Waals surface area contributed by atoms with Gasteiger partial charge >= 0.3 is 0 Å². The largest absolute Gasteiger partial charge is 0.0625 e. The van der Waals surface area contributed by atoms with Crippen LogP contribution in [0.1, 0.15) is 99.6 Å². The summed E-state index contributed by atoms with van der Waals surface area (Å²) in [6.45, 7) is 13.7. The van der Waals surface area contributed by atoms with Crippen molar-refractivity contribution in [1.29, 1.82) is 0 Å². The van der Waals surface area contributed by atoms with Gasteiger partial charge in [-0.1, -0.05) is 126 Å². The van der Waals surface area contributed by atoms with Crippen molar-refractivity contribution in [3.05, 3.63) is 118 Å². The molecule has 0 saturated carbocycles. The van der Waals surface area contributed by atoms with Crippen LogP contribution in [0.4, 0.5) is 0 Å². The minimum Gasteiger partial charge on any atom is -0.0625 e. The Balaban J connectivity index is 0.000000133. The van der Waals surface area contributed by atoms with E-state index >= 15 is 0 Å². The van der Waals surface area contributed by atoms with Crippen molar-refractivity contribution in [3.8, 4) is 0 Å². The first kappa shape index (κ1) is 28.2. The van der Waals surface area contributed by atoms with Crippen LogP contribution in [0.3, 0.4) is 0 Å². The molecular formula is C38H48. The zero-order chi connectivity index (χ0) is 27.1. The maximum atomic E-state index is 2.40. The summed E-state index contributed by atoms with van der Waals surface area (Å²) in [4.78, 5) is 0.